The normalized spacial score (nSPS) is 12.4. The Morgan fingerprint density at radius 1 is 1.29 bits per heavy atom. The molecule has 0 radical (unpaired) electrons. The Hall–Kier alpha value is -0.820. The Morgan fingerprint density at radius 2 is 1.86 bits per heavy atom. The summed E-state index contributed by atoms with van der Waals surface area (Å²) in [6.45, 7) is 3.21. The third-order valence-electron chi connectivity index (χ3n) is 3.59. The molecule has 1 aromatic carbocycles. The van der Waals surface area contributed by atoms with E-state index in [9.17, 15) is 18.3 Å². The Morgan fingerprint density at radius 3 is 2.33 bits per heavy atom. The highest BCUT2D eigenvalue weighted by Crippen LogP contribution is 2.28. The molecule has 0 saturated carbocycles. The summed E-state index contributed by atoms with van der Waals surface area (Å²) in [4.78, 5) is 11.2. The van der Waals surface area contributed by atoms with Crippen LogP contribution in [-0.4, -0.2) is 26.0 Å². The van der Waals surface area contributed by atoms with Crippen molar-refractivity contribution in [1.29, 1.82) is 0 Å². The predicted molar refractivity (Wildman–Crippen MR) is 82.3 cm³/mol. The summed E-state index contributed by atoms with van der Waals surface area (Å²) >= 11 is 11.6. The van der Waals surface area contributed by atoms with Crippen molar-refractivity contribution in [3.63, 3.8) is 0 Å². The molecular formula is C13H17Cl2NO4S. The molecule has 0 unspecified atom stereocenters. The molecule has 0 amide bonds. The van der Waals surface area contributed by atoms with Crippen LogP contribution < -0.4 is 4.72 Å². The number of benzene rings is 1. The molecule has 0 aliphatic heterocycles. The zero-order valence-electron chi connectivity index (χ0n) is 11.7. The number of nitrogens with one attached hydrogen (secondary N) is 1. The molecule has 0 aromatic heterocycles. The lowest BCUT2D eigenvalue weighted by molar-refractivity contribution is -0.149. The minimum Gasteiger partial charge on any atom is -0.481 e. The fourth-order valence-corrected chi connectivity index (χ4v) is 3.76. The van der Waals surface area contributed by atoms with Gasteiger partial charge in [-0.3, -0.25) is 4.79 Å². The fourth-order valence-electron chi connectivity index (χ4n) is 1.87. The molecule has 0 saturated heterocycles. The van der Waals surface area contributed by atoms with Gasteiger partial charge in [0.2, 0.25) is 10.0 Å². The van der Waals surface area contributed by atoms with E-state index in [0.29, 0.717) is 12.8 Å². The van der Waals surface area contributed by atoms with Crippen LogP contribution in [0.4, 0.5) is 0 Å². The monoisotopic (exact) mass is 353 g/mol. The van der Waals surface area contributed by atoms with Gasteiger partial charge in [0.15, 0.2) is 0 Å². The van der Waals surface area contributed by atoms with E-state index in [-0.39, 0.29) is 21.5 Å². The highest BCUT2D eigenvalue weighted by molar-refractivity contribution is 7.89. The van der Waals surface area contributed by atoms with Crippen molar-refractivity contribution in [3.05, 3.63) is 28.2 Å². The van der Waals surface area contributed by atoms with Crippen LogP contribution in [0.2, 0.25) is 10.0 Å². The Balaban J connectivity index is 3.06. The first kappa shape index (κ1) is 18.2. The van der Waals surface area contributed by atoms with Crippen LogP contribution in [0.1, 0.15) is 26.7 Å². The molecule has 8 heteroatoms. The summed E-state index contributed by atoms with van der Waals surface area (Å²) < 4.78 is 26.8. The van der Waals surface area contributed by atoms with Crippen molar-refractivity contribution in [1.82, 2.24) is 4.72 Å². The predicted octanol–water partition coefficient (Wildman–Crippen LogP) is 3.16. The van der Waals surface area contributed by atoms with Gasteiger partial charge in [-0.15, -0.1) is 0 Å². The zero-order chi connectivity index (χ0) is 16.3. The van der Waals surface area contributed by atoms with E-state index < -0.39 is 21.4 Å². The molecule has 2 N–H and O–H groups in total. The molecule has 1 rings (SSSR count). The lowest BCUT2D eigenvalue weighted by Gasteiger charge is -2.26. The molecular weight excluding hydrogens is 337 g/mol. The molecule has 0 atom stereocenters. The highest BCUT2D eigenvalue weighted by Gasteiger charge is 2.36. The number of carbonyl (C=O) groups is 1. The van der Waals surface area contributed by atoms with Gasteiger partial charge in [-0.25, -0.2) is 13.1 Å². The summed E-state index contributed by atoms with van der Waals surface area (Å²) in [6, 6.07) is 4.08. The van der Waals surface area contributed by atoms with Crippen LogP contribution in [0, 0.1) is 5.41 Å². The second kappa shape index (κ2) is 6.96. The molecule has 0 aliphatic rings. The fraction of sp³-hybridized carbons (Fsp3) is 0.462. The number of hydrogen-bond donors (Lipinski definition) is 2. The van der Waals surface area contributed by atoms with Crippen LogP contribution in [0.3, 0.4) is 0 Å². The smallest absolute Gasteiger partial charge is 0.310 e. The topological polar surface area (TPSA) is 83.5 Å². The first-order chi connectivity index (χ1) is 9.68. The maximum atomic E-state index is 12.3. The second-order valence-electron chi connectivity index (χ2n) is 4.69. The summed E-state index contributed by atoms with van der Waals surface area (Å²) in [5.74, 6) is -1.03. The maximum absolute atomic E-state index is 12.3. The van der Waals surface area contributed by atoms with Crippen LogP contribution >= 0.6 is 23.2 Å². The van der Waals surface area contributed by atoms with Gasteiger partial charge in [-0.2, -0.15) is 0 Å². The van der Waals surface area contributed by atoms with Crippen molar-refractivity contribution < 1.29 is 18.3 Å². The van der Waals surface area contributed by atoms with E-state index in [1.54, 1.807) is 13.8 Å². The minimum absolute atomic E-state index is 0.0285. The van der Waals surface area contributed by atoms with Crippen LogP contribution in [0.25, 0.3) is 0 Å². The molecule has 21 heavy (non-hydrogen) atoms. The first-order valence-electron chi connectivity index (χ1n) is 6.36. The van der Waals surface area contributed by atoms with Gasteiger partial charge in [0.05, 0.1) is 10.4 Å². The van der Waals surface area contributed by atoms with Crippen molar-refractivity contribution in [2.45, 2.75) is 31.6 Å². The van der Waals surface area contributed by atoms with Crippen molar-refractivity contribution in [3.8, 4) is 0 Å². The molecule has 1 aromatic rings. The Kier molecular flexibility index (Phi) is 6.04. The van der Waals surface area contributed by atoms with Gasteiger partial charge in [-0.1, -0.05) is 37.0 Å². The van der Waals surface area contributed by atoms with Crippen molar-refractivity contribution in [2.75, 3.05) is 6.54 Å². The van der Waals surface area contributed by atoms with Gasteiger partial charge in [0.25, 0.3) is 0 Å². The number of carboxylic acids is 1. The van der Waals surface area contributed by atoms with E-state index >= 15 is 0 Å². The summed E-state index contributed by atoms with van der Waals surface area (Å²) in [7, 11) is -3.93. The molecule has 5 nitrogen and oxygen atoms in total. The van der Waals surface area contributed by atoms with Crippen LogP contribution in [-0.2, 0) is 14.8 Å². The van der Waals surface area contributed by atoms with Gasteiger partial charge in [0, 0.05) is 11.6 Å². The number of sulfonamides is 1. The highest BCUT2D eigenvalue weighted by atomic mass is 35.5. The number of aliphatic carboxylic acids is 1. The van der Waals surface area contributed by atoms with E-state index in [0.717, 1.165) is 0 Å². The number of hydrogen-bond acceptors (Lipinski definition) is 3. The third kappa shape index (κ3) is 4.10. The average Bonchev–Trinajstić information content (AvgIpc) is 2.42. The second-order valence-corrected chi connectivity index (χ2v) is 7.27. The van der Waals surface area contributed by atoms with E-state index in [4.69, 9.17) is 23.2 Å². The SMILES string of the molecule is CCC(CC)(CNS(=O)(=O)c1cc(Cl)ccc1Cl)C(=O)O. The summed E-state index contributed by atoms with van der Waals surface area (Å²) in [5, 5.41) is 9.57. The number of halogens is 2. The molecule has 0 heterocycles. The van der Waals surface area contributed by atoms with Crippen LogP contribution in [0.5, 0.6) is 0 Å². The van der Waals surface area contributed by atoms with Gasteiger partial charge in [-0.05, 0) is 31.0 Å². The zero-order valence-corrected chi connectivity index (χ0v) is 14.0. The molecule has 0 fully saturated rings. The van der Waals surface area contributed by atoms with E-state index in [2.05, 4.69) is 4.72 Å². The summed E-state index contributed by atoms with van der Waals surface area (Å²) in [6.07, 6.45) is 0.620. The van der Waals surface area contributed by atoms with Gasteiger partial charge < -0.3 is 5.11 Å². The lowest BCUT2D eigenvalue weighted by atomic mass is 9.83. The van der Waals surface area contributed by atoms with Crippen LogP contribution in [0.15, 0.2) is 23.1 Å². The third-order valence-corrected chi connectivity index (χ3v) is 5.71. The minimum atomic E-state index is -3.93. The van der Waals surface area contributed by atoms with Crippen molar-refractivity contribution in [2.24, 2.45) is 5.41 Å². The number of rotatable bonds is 7. The standard InChI is InChI=1S/C13H17Cl2NO4S/c1-3-13(4-2,12(17)18)8-16-21(19,20)11-7-9(14)5-6-10(11)15/h5-7,16H,3-4,8H2,1-2H3,(H,17,18). The summed E-state index contributed by atoms with van der Waals surface area (Å²) in [5.41, 5.74) is -1.14. The quantitative estimate of drug-likeness (QED) is 0.788. The largest absolute Gasteiger partial charge is 0.481 e. The molecule has 0 bridgehead atoms. The van der Waals surface area contributed by atoms with Gasteiger partial charge >= 0.3 is 5.97 Å². The Labute approximate surface area is 134 Å². The van der Waals surface area contributed by atoms with E-state index in [1.807, 2.05) is 0 Å². The molecule has 0 spiro atoms. The molecule has 118 valence electrons. The maximum Gasteiger partial charge on any atom is 0.310 e. The Bertz CT molecular complexity index is 627. The average molecular weight is 354 g/mol. The first-order valence-corrected chi connectivity index (χ1v) is 8.60. The van der Waals surface area contributed by atoms with Crippen molar-refractivity contribution >= 4 is 39.2 Å². The lowest BCUT2D eigenvalue weighted by Crippen LogP contribution is -2.42. The molecule has 0 aliphatic carbocycles. The van der Waals surface area contributed by atoms with E-state index in [1.165, 1.54) is 18.2 Å². The van der Waals surface area contributed by atoms with Gasteiger partial charge in [0.1, 0.15) is 4.90 Å². The number of carboxylic acid groups (broad SMARTS) is 1.